The van der Waals surface area contributed by atoms with Crippen LogP contribution in [0.15, 0.2) is 53.1 Å². The van der Waals surface area contributed by atoms with Gasteiger partial charge in [0.2, 0.25) is 17.6 Å². The number of nitrogens with zero attached hydrogens (tertiary/aromatic N) is 3. The predicted molar refractivity (Wildman–Crippen MR) is 129 cm³/mol. The monoisotopic (exact) mass is 446 g/mol. The molecule has 0 aliphatic carbocycles. The number of carbonyl (C=O) groups excluding carboxylic acids is 1. The van der Waals surface area contributed by atoms with Crippen LogP contribution >= 0.6 is 0 Å². The number of hydrogen-bond donors (Lipinski definition) is 1. The van der Waals surface area contributed by atoms with E-state index in [-0.39, 0.29) is 17.2 Å². The van der Waals surface area contributed by atoms with E-state index in [0.717, 1.165) is 30.5 Å². The largest absolute Gasteiger partial charge is 0.352 e. The van der Waals surface area contributed by atoms with E-state index in [4.69, 9.17) is 4.52 Å². The van der Waals surface area contributed by atoms with Crippen LogP contribution in [0, 0.1) is 12.8 Å². The summed E-state index contributed by atoms with van der Waals surface area (Å²) in [6.45, 7) is 11.4. The third kappa shape index (κ3) is 6.08. The number of benzene rings is 2. The lowest BCUT2D eigenvalue weighted by molar-refractivity contribution is -0.127. The molecule has 0 spiro atoms. The van der Waals surface area contributed by atoms with Crippen LogP contribution in [0.5, 0.6) is 0 Å². The van der Waals surface area contributed by atoms with Gasteiger partial charge in [-0.05, 0) is 42.9 Å². The summed E-state index contributed by atoms with van der Waals surface area (Å²) in [5.74, 6) is 1.29. The fraction of sp³-hybridized carbons (Fsp3) is 0.444. The maximum atomic E-state index is 12.7. The molecule has 33 heavy (non-hydrogen) atoms. The molecule has 1 fully saturated rings. The number of amides is 1. The van der Waals surface area contributed by atoms with Gasteiger partial charge < -0.3 is 9.84 Å². The second kappa shape index (κ2) is 9.87. The fourth-order valence-electron chi connectivity index (χ4n) is 4.20. The van der Waals surface area contributed by atoms with Crippen LogP contribution in [0.1, 0.15) is 56.2 Å². The lowest BCUT2D eigenvalue weighted by atomic mass is 9.87. The van der Waals surface area contributed by atoms with Gasteiger partial charge in [-0.3, -0.25) is 9.69 Å². The Morgan fingerprint density at radius 3 is 2.55 bits per heavy atom. The number of piperidine rings is 1. The van der Waals surface area contributed by atoms with Gasteiger partial charge in [-0.1, -0.05) is 80.0 Å². The standard InChI is InChI=1S/C27H34N4O2/c1-19-7-9-20(10-8-19)16-28-26(32)22-6-5-15-31(17-22)18-24-29-25(30-33-24)21-11-13-23(14-12-21)27(2,3)4/h7-14,22H,5-6,15-18H2,1-4H3,(H,28,32). The Balaban J connectivity index is 1.31. The highest BCUT2D eigenvalue weighted by molar-refractivity contribution is 5.79. The molecule has 2 heterocycles. The van der Waals surface area contributed by atoms with Gasteiger partial charge in [0.25, 0.3) is 0 Å². The first kappa shape index (κ1) is 23.2. The molecule has 6 heteroatoms. The summed E-state index contributed by atoms with van der Waals surface area (Å²) < 4.78 is 5.53. The van der Waals surface area contributed by atoms with Crippen molar-refractivity contribution in [2.24, 2.45) is 5.92 Å². The Kier molecular flexibility index (Phi) is 6.94. The van der Waals surface area contributed by atoms with E-state index in [9.17, 15) is 4.79 Å². The minimum absolute atomic E-state index is 0.0171. The van der Waals surface area contributed by atoms with Crippen LogP contribution in [0.3, 0.4) is 0 Å². The van der Waals surface area contributed by atoms with Crippen molar-refractivity contribution >= 4 is 5.91 Å². The Labute approximate surface area is 196 Å². The molecule has 1 aliphatic rings. The molecule has 0 bridgehead atoms. The smallest absolute Gasteiger partial charge is 0.241 e. The number of carbonyl (C=O) groups is 1. The van der Waals surface area contributed by atoms with Crippen LogP contribution < -0.4 is 5.32 Å². The SMILES string of the molecule is Cc1ccc(CNC(=O)C2CCCN(Cc3nc(-c4ccc(C(C)(C)C)cc4)no3)C2)cc1. The highest BCUT2D eigenvalue weighted by Crippen LogP contribution is 2.25. The summed E-state index contributed by atoms with van der Waals surface area (Å²) in [6, 6.07) is 16.6. The maximum absolute atomic E-state index is 12.7. The molecule has 0 saturated carbocycles. The molecule has 1 N–H and O–H groups in total. The van der Waals surface area contributed by atoms with E-state index < -0.39 is 0 Å². The van der Waals surface area contributed by atoms with Gasteiger partial charge in [0.1, 0.15) is 0 Å². The second-order valence-electron chi connectivity index (χ2n) is 10.1. The van der Waals surface area contributed by atoms with E-state index in [1.807, 2.05) is 12.1 Å². The zero-order chi connectivity index (χ0) is 23.4. The van der Waals surface area contributed by atoms with E-state index >= 15 is 0 Å². The molecular formula is C27H34N4O2. The maximum Gasteiger partial charge on any atom is 0.241 e. The van der Waals surface area contributed by atoms with Crippen molar-refractivity contribution in [1.29, 1.82) is 0 Å². The Morgan fingerprint density at radius 1 is 1.12 bits per heavy atom. The summed E-state index contributed by atoms with van der Waals surface area (Å²) in [5, 5.41) is 7.27. The predicted octanol–water partition coefficient (Wildman–Crippen LogP) is 4.87. The number of aryl methyl sites for hydroxylation is 1. The normalized spacial score (nSPS) is 17.2. The topological polar surface area (TPSA) is 71.3 Å². The zero-order valence-electron chi connectivity index (χ0n) is 20.1. The van der Waals surface area contributed by atoms with Crippen LogP contribution in [0.2, 0.25) is 0 Å². The van der Waals surface area contributed by atoms with Gasteiger partial charge in [0.15, 0.2) is 0 Å². The summed E-state index contributed by atoms with van der Waals surface area (Å²) in [6.07, 6.45) is 1.89. The number of nitrogens with one attached hydrogen (secondary N) is 1. The average Bonchev–Trinajstić information content (AvgIpc) is 3.26. The average molecular weight is 447 g/mol. The lowest BCUT2D eigenvalue weighted by Gasteiger charge is -2.30. The first-order valence-corrected chi connectivity index (χ1v) is 11.8. The third-order valence-electron chi connectivity index (χ3n) is 6.30. The Morgan fingerprint density at radius 2 is 1.85 bits per heavy atom. The van der Waals surface area contributed by atoms with Gasteiger partial charge >= 0.3 is 0 Å². The fourth-order valence-corrected chi connectivity index (χ4v) is 4.20. The molecule has 6 nitrogen and oxygen atoms in total. The van der Waals surface area contributed by atoms with Crippen LogP contribution in [-0.2, 0) is 23.3 Å². The molecule has 0 radical (unpaired) electrons. The first-order chi connectivity index (χ1) is 15.8. The highest BCUT2D eigenvalue weighted by atomic mass is 16.5. The van der Waals surface area contributed by atoms with Crippen molar-refractivity contribution in [3.05, 3.63) is 71.1 Å². The summed E-state index contributed by atoms with van der Waals surface area (Å²) in [5.41, 5.74) is 4.67. The highest BCUT2D eigenvalue weighted by Gasteiger charge is 2.27. The van der Waals surface area contributed by atoms with Crippen molar-refractivity contribution in [3.63, 3.8) is 0 Å². The molecule has 1 saturated heterocycles. The molecule has 1 unspecified atom stereocenters. The first-order valence-electron chi connectivity index (χ1n) is 11.8. The molecule has 1 aromatic heterocycles. The summed E-state index contributed by atoms with van der Waals surface area (Å²) in [4.78, 5) is 19.6. The van der Waals surface area contributed by atoms with Gasteiger partial charge in [-0.2, -0.15) is 4.98 Å². The molecule has 1 aliphatic heterocycles. The molecule has 174 valence electrons. The number of aromatic nitrogens is 2. The molecule has 4 rings (SSSR count). The lowest BCUT2D eigenvalue weighted by Crippen LogP contribution is -2.42. The van der Waals surface area contributed by atoms with Crippen molar-refractivity contribution in [3.8, 4) is 11.4 Å². The van der Waals surface area contributed by atoms with Crippen molar-refractivity contribution in [2.75, 3.05) is 13.1 Å². The van der Waals surface area contributed by atoms with Crippen molar-refractivity contribution in [2.45, 2.75) is 59.0 Å². The van der Waals surface area contributed by atoms with Crippen LogP contribution in [-0.4, -0.2) is 34.0 Å². The van der Waals surface area contributed by atoms with Crippen molar-refractivity contribution < 1.29 is 9.32 Å². The van der Waals surface area contributed by atoms with Crippen LogP contribution in [0.25, 0.3) is 11.4 Å². The third-order valence-corrected chi connectivity index (χ3v) is 6.30. The molecule has 2 aromatic carbocycles. The minimum atomic E-state index is -0.0171. The molecule has 1 atom stereocenters. The summed E-state index contributed by atoms with van der Waals surface area (Å²) in [7, 11) is 0. The summed E-state index contributed by atoms with van der Waals surface area (Å²) >= 11 is 0. The molecule has 1 amide bonds. The molecular weight excluding hydrogens is 412 g/mol. The Bertz CT molecular complexity index is 1060. The number of hydrogen-bond acceptors (Lipinski definition) is 5. The Hall–Kier alpha value is -2.99. The zero-order valence-corrected chi connectivity index (χ0v) is 20.1. The van der Waals surface area contributed by atoms with E-state index in [2.05, 4.69) is 84.5 Å². The number of rotatable bonds is 6. The van der Waals surface area contributed by atoms with E-state index in [0.29, 0.717) is 31.3 Å². The van der Waals surface area contributed by atoms with E-state index in [1.165, 1.54) is 11.1 Å². The van der Waals surface area contributed by atoms with Gasteiger partial charge in [-0.15, -0.1) is 0 Å². The van der Waals surface area contributed by atoms with Gasteiger partial charge in [-0.25, -0.2) is 0 Å². The second-order valence-corrected chi connectivity index (χ2v) is 10.1. The number of likely N-dealkylation sites (tertiary alicyclic amines) is 1. The van der Waals surface area contributed by atoms with Gasteiger partial charge in [0, 0.05) is 18.7 Å². The van der Waals surface area contributed by atoms with Crippen molar-refractivity contribution in [1.82, 2.24) is 20.4 Å². The quantitative estimate of drug-likeness (QED) is 0.585. The van der Waals surface area contributed by atoms with E-state index in [1.54, 1.807) is 0 Å². The minimum Gasteiger partial charge on any atom is -0.352 e. The van der Waals surface area contributed by atoms with Crippen LogP contribution in [0.4, 0.5) is 0 Å². The molecule has 3 aromatic rings. The van der Waals surface area contributed by atoms with Gasteiger partial charge in [0.05, 0.1) is 12.5 Å².